The van der Waals surface area contributed by atoms with Crippen LogP contribution in [-0.2, 0) is 27.1 Å². The van der Waals surface area contributed by atoms with Gasteiger partial charge in [0.05, 0.1) is 39.1 Å². The Morgan fingerprint density at radius 3 is 1.04 bits per heavy atom. The molecule has 6 nitrogen and oxygen atoms in total. The van der Waals surface area contributed by atoms with E-state index in [-0.39, 0.29) is 28.4 Å². The van der Waals surface area contributed by atoms with Gasteiger partial charge in [-0.15, -0.1) is 0 Å². The SMILES string of the molecule is CC(C)(C)c1cccc(-c2cc(C(C)(C)C)cc(-c3ccccc3)c2N2c3ccc(-c4ccccc4)cc3B3c4cc5c6c(c4N(c4c(-c7ccccc7)cc(C(C)(C)C)cc4-c4cccc(C(C)(C)C)c4)c4cc(C(C)(C)C)cc2c43)Oc2cc(-n3c4ccccc4c4ccccc43)ccc2B6c2ccc(-n3c4ccccc4c4ccccc43)cc2O5)c1. The number of nitrogens with zero attached hydrogens (tertiary/aromatic N) is 4. The van der Waals surface area contributed by atoms with Gasteiger partial charge >= 0.3 is 0 Å². The molecule has 6 heterocycles. The lowest BCUT2D eigenvalue weighted by Crippen LogP contribution is -2.63. The largest absolute Gasteiger partial charge is 0.458 e. The molecule has 22 rings (SSSR count). The van der Waals surface area contributed by atoms with Gasteiger partial charge in [0.2, 0.25) is 0 Å². The summed E-state index contributed by atoms with van der Waals surface area (Å²) in [4.78, 5) is 5.46. The molecule has 0 saturated heterocycles. The summed E-state index contributed by atoms with van der Waals surface area (Å²) < 4.78 is 21.5. The Hall–Kier alpha value is -13.6. The van der Waals surface area contributed by atoms with Crippen molar-refractivity contribution in [1.82, 2.24) is 9.13 Å². The van der Waals surface area contributed by atoms with Crippen LogP contribution < -0.4 is 52.1 Å². The number of rotatable bonds is 9. The minimum Gasteiger partial charge on any atom is -0.458 e. The van der Waals surface area contributed by atoms with Gasteiger partial charge in [0.25, 0.3) is 13.4 Å². The Labute approximate surface area is 729 Å². The van der Waals surface area contributed by atoms with Crippen molar-refractivity contribution in [2.45, 2.75) is 131 Å². The van der Waals surface area contributed by atoms with E-state index in [1.165, 1.54) is 54.8 Å². The average molecular weight is 1600 g/mol. The number of benzene rings is 16. The molecular weight excluding hydrogens is 1500 g/mol. The van der Waals surface area contributed by atoms with E-state index in [2.05, 4.69) is 456 Å². The zero-order chi connectivity index (χ0) is 84.9. The number of ether oxygens (including phenoxy) is 2. The fourth-order valence-corrected chi connectivity index (χ4v) is 20.4. The van der Waals surface area contributed by atoms with Gasteiger partial charge in [-0.2, -0.15) is 0 Å². The lowest BCUT2D eigenvalue weighted by molar-refractivity contribution is 0.465. The molecule has 0 spiro atoms. The lowest BCUT2D eigenvalue weighted by atomic mass is 9.31. The zero-order valence-corrected chi connectivity index (χ0v) is 73.5. The Balaban J connectivity index is 0.927. The Morgan fingerprint density at radius 2 is 0.597 bits per heavy atom. The first-order valence-corrected chi connectivity index (χ1v) is 44.2. The third-order valence-corrected chi connectivity index (χ3v) is 26.9. The maximum absolute atomic E-state index is 8.54. The monoisotopic (exact) mass is 1600 g/mol. The lowest BCUT2D eigenvalue weighted by Gasteiger charge is -2.48. The molecular formula is C116H100B2N4O2. The molecule has 0 atom stereocenters. The molecule has 0 amide bonds. The van der Waals surface area contributed by atoms with E-state index in [9.17, 15) is 0 Å². The molecule has 0 fully saturated rings. The predicted molar refractivity (Wildman–Crippen MR) is 528 cm³/mol. The number of aromatic nitrogens is 2. The van der Waals surface area contributed by atoms with Crippen molar-refractivity contribution in [1.29, 1.82) is 0 Å². The Bertz CT molecular complexity index is 7340. The Morgan fingerprint density at radius 1 is 0.226 bits per heavy atom. The second kappa shape index (κ2) is 28.0. The number of anilines is 6. The summed E-state index contributed by atoms with van der Waals surface area (Å²) in [6.45, 7) is 34.7. The van der Waals surface area contributed by atoms with Crippen molar-refractivity contribution in [3.05, 3.63) is 361 Å². The van der Waals surface area contributed by atoms with Crippen LogP contribution in [0.1, 0.15) is 132 Å². The first kappa shape index (κ1) is 76.6. The van der Waals surface area contributed by atoms with Crippen LogP contribution >= 0.6 is 0 Å². The normalized spacial score (nSPS) is 13.5. The first-order valence-electron chi connectivity index (χ1n) is 44.2. The summed E-state index contributed by atoms with van der Waals surface area (Å²) in [5.41, 5.74) is 35.8. The molecule has 4 aliphatic rings. The van der Waals surface area contributed by atoms with Crippen molar-refractivity contribution < 1.29 is 9.47 Å². The standard InChI is InChI=1S/C116H100B2N4O2/c1-112(2,3)77-43-33-41-75(59-77)90-64-79(114(7,8)9)62-88(72-37-21-17-22-38-72)108(90)121-100-58-53-74(71-35-19-16-20-36-71)61-94(100)118-95-70-105-107-111(110(95)122(102-67-81(116(13,14)15)66-101(121)106(102)118)109-89(73-39-23-18-24-40-73)63-80(115(10,11)12)65-91(109)76-42-34-44-78(60-76)113(4,5)6)124-104-69-83(120-98-51-31-27-47-86(98)87-48-28-32-52-99(87)120)55-57-93(104)117(107)92-56-54-82(68-103(92)123-105)119-96-49-29-25-45-84(96)85-46-26-30-50-97(85)119/h16-70H,1-15H3. The van der Waals surface area contributed by atoms with Gasteiger partial charge in [0, 0.05) is 89.8 Å². The molecule has 0 aliphatic carbocycles. The predicted octanol–water partition coefficient (Wildman–Crippen LogP) is 27.5. The molecule has 0 unspecified atom stereocenters. The average Bonchev–Trinajstić information content (AvgIpc) is 0.752. The smallest absolute Gasteiger partial charge is 0.260 e. The quantitative estimate of drug-likeness (QED) is 0.135. The summed E-state index contributed by atoms with van der Waals surface area (Å²) in [7, 11) is 0. The van der Waals surface area contributed by atoms with E-state index in [0.29, 0.717) is 0 Å². The molecule has 0 N–H and O–H groups in total. The highest BCUT2D eigenvalue weighted by Gasteiger charge is 2.52. The number of para-hydroxylation sites is 4. The molecule has 0 bridgehead atoms. The van der Waals surface area contributed by atoms with Crippen LogP contribution in [-0.4, -0.2) is 22.6 Å². The number of hydrogen-bond acceptors (Lipinski definition) is 4. The molecule has 8 heteroatoms. The molecule has 602 valence electrons. The molecule has 0 radical (unpaired) electrons. The van der Waals surface area contributed by atoms with Crippen LogP contribution in [0.4, 0.5) is 34.1 Å². The summed E-state index contributed by atoms with van der Waals surface area (Å²) in [6, 6.07) is 127. The van der Waals surface area contributed by atoms with Gasteiger partial charge in [-0.1, -0.05) is 340 Å². The minimum absolute atomic E-state index is 0.147. The van der Waals surface area contributed by atoms with E-state index in [0.717, 1.165) is 174 Å². The third-order valence-electron chi connectivity index (χ3n) is 26.9. The highest BCUT2D eigenvalue weighted by molar-refractivity contribution is 7.02. The molecule has 18 aromatic rings. The summed E-state index contributed by atoms with van der Waals surface area (Å²) in [6.07, 6.45) is 0. The van der Waals surface area contributed by atoms with Gasteiger partial charge < -0.3 is 28.4 Å². The van der Waals surface area contributed by atoms with Crippen molar-refractivity contribution in [3.63, 3.8) is 0 Å². The van der Waals surface area contributed by atoms with Crippen LogP contribution in [0, 0.1) is 0 Å². The van der Waals surface area contributed by atoms with Crippen LogP contribution in [0.15, 0.2) is 334 Å². The van der Waals surface area contributed by atoms with Gasteiger partial charge in [0.15, 0.2) is 0 Å². The van der Waals surface area contributed by atoms with E-state index >= 15 is 0 Å². The van der Waals surface area contributed by atoms with Gasteiger partial charge in [-0.05, 0) is 201 Å². The van der Waals surface area contributed by atoms with Crippen LogP contribution in [0.2, 0.25) is 0 Å². The van der Waals surface area contributed by atoms with Crippen LogP contribution in [0.3, 0.4) is 0 Å². The topological polar surface area (TPSA) is 34.8 Å². The maximum atomic E-state index is 8.54. The van der Waals surface area contributed by atoms with E-state index in [1.807, 2.05) is 0 Å². The molecule has 2 aromatic heterocycles. The Kier molecular flexibility index (Phi) is 17.3. The minimum atomic E-state index is -0.452. The number of hydrogen-bond donors (Lipinski definition) is 0. The fourth-order valence-electron chi connectivity index (χ4n) is 20.4. The van der Waals surface area contributed by atoms with Crippen molar-refractivity contribution in [2.24, 2.45) is 0 Å². The third kappa shape index (κ3) is 12.3. The summed E-state index contributed by atoms with van der Waals surface area (Å²) in [5.74, 6) is 3.10. The summed E-state index contributed by atoms with van der Waals surface area (Å²) in [5, 5.41) is 4.80. The second-order valence-electron chi connectivity index (χ2n) is 40.0. The molecule has 0 saturated carbocycles. The van der Waals surface area contributed by atoms with Gasteiger partial charge in [-0.3, -0.25) is 0 Å². The zero-order valence-electron chi connectivity index (χ0n) is 73.5. The van der Waals surface area contributed by atoms with Gasteiger partial charge in [-0.25, -0.2) is 0 Å². The van der Waals surface area contributed by atoms with Crippen molar-refractivity contribution in [3.8, 4) is 90.0 Å². The van der Waals surface area contributed by atoms with Crippen LogP contribution in [0.5, 0.6) is 23.0 Å². The number of fused-ring (bicyclic) bond motifs is 15. The molecule has 16 aromatic carbocycles. The van der Waals surface area contributed by atoms with Gasteiger partial charge in [0.1, 0.15) is 23.0 Å². The maximum Gasteiger partial charge on any atom is 0.260 e. The first-order chi connectivity index (χ1) is 59.7. The molecule has 4 aliphatic heterocycles. The highest BCUT2D eigenvalue weighted by atomic mass is 16.5. The van der Waals surface area contributed by atoms with E-state index in [1.54, 1.807) is 0 Å². The highest BCUT2D eigenvalue weighted by Crippen LogP contribution is 2.58. The van der Waals surface area contributed by atoms with Crippen LogP contribution in [0.25, 0.3) is 111 Å². The van der Waals surface area contributed by atoms with Crippen molar-refractivity contribution in [2.75, 3.05) is 9.80 Å². The fraction of sp³-hybridized carbons (Fsp3) is 0.172. The van der Waals surface area contributed by atoms with E-state index < -0.39 is 12.1 Å². The second-order valence-corrected chi connectivity index (χ2v) is 40.0. The summed E-state index contributed by atoms with van der Waals surface area (Å²) >= 11 is 0. The molecule has 124 heavy (non-hydrogen) atoms. The van der Waals surface area contributed by atoms with Crippen molar-refractivity contribution >= 4 is 124 Å². The van der Waals surface area contributed by atoms with E-state index in [4.69, 9.17) is 9.47 Å².